The van der Waals surface area contributed by atoms with Gasteiger partial charge in [0.15, 0.2) is 6.61 Å². The highest BCUT2D eigenvalue weighted by molar-refractivity contribution is 6.31. The van der Waals surface area contributed by atoms with E-state index in [0.29, 0.717) is 18.7 Å². The summed E-state index contributed by atoms with van der Waals surface area (Å²) in [6.45, 7) is 9.03. The molecule has 156 valence electrons. The van der Waals surface area contributed by atoms with E-state index in [-0.39, 0.29) is 35.2 Å². The Balaban J connectivity index is 2.32. The summed E-state index contributed by atoms with van der Waals surface area (Å²) in [4.78, 5) is 35.5. The largest absolute Gasteiger partial charge is 0.491 e. The third-order valence-corrected chi connectivity index (χ3v) is 3.85. The lowest BCUT2D eigenvalue weighted by Crippen LogP contribution is -2.30. The normalized spacial score (nSPS) is 11.2. The van der Waals surface area contributed by atoms with Gasteiger partial charge in [0.2, 0.25) is 0 Å². The molecular formula is C20H23ClFN3O4. The number of amides is 2. The second-order valence-corrected chi connectivity index (χ2v) is 6.16. The van der Waals surface area contributed by atoms with E-state index < -0.39 is 11.7 Å². The van der Waals surface area contributed by atoms with Crippen LogP contribution >= 0.6 is 11.6 Å². The van der Waals surface area contributed by atoms with Gasteiger partial charge in [-0.05, 0) is 25.1 Å². The number of halogens is 2. The van der Waals surface area contributed by atoms with Crippen molar-refractivity contribution in [3.8, 4) is 0 Å². The average molecular weight is 424 g/mol. The predicted octanol–water partition coefficient (Wildman–Crippen LogP) is 2.75. The summed E-state index contributed by atoms with van der Waals surface area (Å²) < 4.78 is 19.0. The van der Waals surface area contributed by atoms with Crippen LogP contribution in [0.3, 0.4) is 0 Å². The quantitative estimate of drug-likeness (QED) is 0.423. The van der Waals surface area contributed by atoms with Crippen LogP contribution in [0.4, 0.5) is 4.39 Å². The summed E-state index contributed by atoms with van der Waals surface area (Å²) in [6.07, 6.45) is 5.59. The molecule has 0 aliphatic heterocycles. The molecule has 0 saturated carbocycles. The van der Waals surface area contributed by atoms with E-state index in [1.165, 1.54) is 29.0 Å². The Kier molecular flexibility index (Phi) is 10.2. The van der Waals surface area contributed by atoms with Gasteiger partial charge in [-0.3, -0.25) is 14.4 Å². The van der Waals surface area contributed by atoms with Crippen LogP contribution in [-0.4, -0.2) is 29.5 Å². The Bertz CT molecular complexity index is 890. The van der Waals surface area contributed by atoms with Gasteiger partial charge in [0.25, 0.3) is 17.4 Å². The first-order valence-electron chi connectivity index (χ1n) is 8.69. The minimum Gasteiger partial charge on any atom is -0.491 e. The van der Waals surface area contributed by atoms with E-state index in [0.717, 1.165) is 0 Å². The predicted molar refractivity (Wildman–Crippen MR) is 110 cm³/mol. The fourth-order valence-electron chi connectivity index (χ4n) is 2.03. The Morgan fingerprint density at radius 3 is 2.72 bits per heavy atom. The van der Waals surface area contributed by atoms with Crippen LogP contribution in [-0.2, 0) is 16.1 Å². The number of rotatable bonds is 11. The van der Waals surface area contributed by atoms with Crippen molar-refractivity contribution in [3.63, 3.8) is 0 Å². The van der Waals surface area contributed by atoms with Crippen molar-refractivity contribution in [1.29, 1.82) is 0 Å². The molecular weight excluding hydrogens is 401 g/mol. The Hall–Kier alpha value is -3.13. The van der Waals surface area contributed by atoms with Crippen LogP contribution in [0.2, 0.25) is 0 Å². The van der Waals surface area contributed by atoms with Gasteiger partial charge in [0.05, 0.1) is 11.3 Å². The van der Waals surface area contributed by atoms with Gasteiger partial charge in [0, 0.05) is 43.0 Å². The molecule has 1 heterocycles. The SMILES string of the molecule is C=C(CCNC(=O)c1ccn(CC)c(=O)c1)NC(=O)CO/C=C/C=C(/Cl)C(=C)F. The van der Waals surface area contributed by atoms with Crippen LogP contribution in [0.15, 0.2) is 71.3 Å². The minimum atomic E-state index is -0.775. The number of nitrogens with zero attached hydrogens (tertiary/aromatic N) is 1. The van der Waals surface area contributed by atoms with Gasteiger partial charge in [-0.2, -0.15) is 0 Å². The van der Waals surface area contributed by atoms with E-state index in [1.54, 1.807) is 12.3 Å². The summed E-state index contributed by atoms with van der Waals surface area (Å²) in [6, 6.07) is 2.83. The van der Waals surface area contributed by atoms with Crippen LogP contribution in [0.25, 0.3) is 0 Å². The lowest BCUT2D eigenvalue weighted by Gasteiger charge is -2.10. The first-order chi connectivity index (χ1) is 13.7. The van der Waals surface area contributed by atoms with Gasteiger partial charge in [-0.15, -0.1) is 0 Å². The van der Waals surface area contributed by atoms with Gasteiger partial charge >= 0.3 is 0 Å². The first kappa shape index (κ1) is 23.9. The molecule has 0 atom stereocenters. The molecule has 9 heteroatoms. The lowest BCUT2D eigenvalue weighted by molar-refractivity contribution is -0.123. The molecule has 1 aromatic heterocycles. The third kappa shape index (κ3) is 9.07. The second kappa shape index (κ2) is 12.4. The average Bonchev–Trinajstić information content (AvgIpc) is 2.67. The molecule has 2 N–H and O–H groups in total. The second-order valence-electron chi connectivity index (χ2n) is 5.76. The number of carbonyl (C=O) groups excluding carboxylic acids is 2. The number of carbonyl (C=O) groups is 2. The summed E-state index contributed by atoms with van der Waals surface area (Å²) in [5.74, 6) is -1.61. The molecule has 0 saturated heterocycles. The van der Waals surface area contributed by atoms with Crippen LogP contribution in [0.1, 0.15) is 23.7 Å². The highest BCUT2D eigenvalue weighted by atomic mass is 35.5. The molecule has 7 nitrogen and oxygen atoms in total. The maximum Gasteiger partial charge on any atom is 0.261 e. The third-order valence-electron chi connectivity index (χ3n) is 3.52. The highest BCUT2D eigenvalue weighted by Gasteiger charge is 2.08. The maximum absolute atomic E-state index is 12.6. The number of hydrogen-bond acceptors (Lipinski definition) is 4. The molecule has 0 aliphatic rings. The van der Waals surface area contributed by atoms with Crippen molar-refractivity contribution in [2.24, 2.45) is 0 Å². The number of hydrogen-bond donors (Lipinski definition) is 2. The van der Waals surface area contributed by atoms with Gasteiger partial charge < -0.3 is 19.9 Å². The molecule has 0 spiro atoms. The minimum absolute atomic E-state index is 0.170. The van der Waals surface area contributed by atoms with Crippen LogP contribution < -0.4 is 16.2 Å². The molecule has 0 radical (unpaired) electrons. The standard InChI is InChI=1S/C20H23ClFN3O4/c1-4-25-10-8-16(12-19(25)27)20(28)23-9-7-14(2)24-18(26)13-29-11-5-6-17(21)15(3)22/h5-6,8,10-12H,2-4,7,9,13H2,1H3,(H,23,28)(H,24,26)/b11-5+,17-6+. The van der Waals surface area contributed by atoms with Crippen LogP contribution in [0.5, 0.6) is 0 Å². The van der Waals surface area contributed by atoms with Crippen molar-refractivity contribution in [2.45, 2.75) is 19.9 Å². The first-order valence-corrected chi connectivity index (χ1v) is 9.07. The maximum atomic E-state index is 12.6. The fraction of sp³-hybridized carbons (Fsp3) is 0.250. The smallest absolute Gasteiger partial charge is 0.261 e. The van der Waals surface area contributed by atoms with Gasteiger partial charge in [-0.1, -0.05) is 24.8 Å². The van der Waals surface area contributed by atoms with E-state index >= 15 is 0 Å². The van der Waals surface area contributed by atoms with Gasteiger partial charge in [0.1, 0.15) is 5.83 Å². The van der Waals surface area contributed by atoms with E-state index in [4.69, 9.17) is 16.3 Å². The topological polar surface area (TPSA) is 89.4 Å². The van der Waals surface area contributed by atoms with Crippen molar-refractivity contribution >= 4 is 23.4 Å². The molecule has 2 amide bonds. The molecule has 0 aromatic carbocycles. The molecule has 1 rings (SSSR count). The fourth-order valence-corrected chi connectivity index (χ4v) is 2.10. The molecule has 0 bridgehead atoms. The van der Waals surface area contributed by atoms with Crippen molar-refractivity contribution in [2.75, 3.05) is 13.2 Å². The molecule has 0 fully saturated rings. The number of aromatic nitrogens is 1. The van der Waals surface area contributed by atoms with Gasteiger partial charge in [-0.25, -0.2) is 4.39 Å². The monoisotopic (exact) mass is 423 g/mol. The Morgan fingerprint density at radius 1 is 1.38 bits per heavy atom. The molecule has 0 unspecified atom stereocenters. The number of aryl methyl sites for hydroxylation is 1. The van der Waals surface area contributed by atoms with E-state index in [9.17, 15) is 18.8 Å². The number of allylic oxidation sites excluding steroid dienone is 4. The van der Waals surface area contributed by atoms with Crippen molar-refractivity contribution in [3.05, 3.63) is 82.4 Å². The summed E-state index contributed by atoms with van der Waals surface area (Å²) in [5.41, 5.74) is 0.402. The summed E-state index contributed by atoms with van der Waals surface area (Å²) in [5, 5.41) is 5.00. The highest BCUT2D eigenvalue weighted by Crippen LogP contribution is 2.12. The van der Waals surface area contributed by atoms with Crippen molar-refractivity contribution < 1.29 is 18.7 Å². The molecule has 1 aromatic rings. The van der Waals surface area contributed by atoms with Crippen LogP contribution in [0, 0.1) is 0 Å². The zero-order valence-electron chi connectivity index (χ0n) is 16.0. The number of ether oxygens (including phenoxy) is 1. The van der Waals surface area contributed by atoms with Crippen molar-refractivity contribution in [1.82, 2.24) is 15.2 Å². The zero-order valence-corrected chi connectivity index (χ0v) is 16.8. The summed E-state index contributed by atoms with van der Waals surface area (Å²) >= 11 is 5.50. The van der Waals surface area contributed by atoms with E-state index in [2.05, 4.69) is 23.8 Å². The lowest BCUT2D eigenvalue weighted by atomic mass is 10.2. The molecule has 29 heavy (non-hydrogen) atoms. The number of nitrogens with one attached hydrogen (secondary N) is 2. The molecule has 0 aliphatic carbocycles. The summed E-state index contributed by atoms with van der Waals surface area (Å²) in [7, 11) is 0. The Labute approximate surface area is 173 Å². The Morgan fingerprint density at radius 2 is 2.10 bits per heavy atom. The number of pyridine rings is 1. The van der Waals surface area contributed by atoms with E-state index in [1.807, 2.05) is 6.92 Å². The zero-order chi connectivity index (χ0) is 21.8.